The van der Waals surface area contributed by atoms with Gasteiger partial charge in [-0.25, -0.2) is 4.98 Å². The van der Waals surface area contributed by atoms with E-state index in [9.17, 15) is 4.79 Å². The second-order valence-electron chi connectivity index (χ2n) is 6.59. The molecule has 0 saturated carbocycles. The van der Waals surface area contributed by atoms with Crippen molar-refractivity contribution in [2.45, 2.75) is 0 Å². The Labute approximate surface area is 174 Å². The first-order chi connectivity index (χ1) is 14.2. The zero-order chi connectivity index (χ0) is 19.8. The molecule has 0 radical (unpaired) electrons. The Morgan fingerprint density at radius 2 is 1.86 bits per heavy atom. The van der Waals surface area contributed by atoms with Gasteiger partial charge in [0.05, 0.1) is 16.8 Å². The molecule has 1 aliphatic heterocycles. The highest BCUT2D eigenvalue weighted by molar-refractivity contribution is 9.10. The predicted octanol–water partition coefficient (Wildman–Crippen LogP) is 4.78. The topological polar surface area (TPSA) is 83.6 Å². The van der Waals surface area contributed by atoms with Crippen molar-refractivity contribution in [3.63, 3.8) is 0 Å². The van der Waals surface area contributed by atoms with Crippen molar-refractivity contribution in [2.24, 2.45) is 0 Å². The number of nitrogens with one attached hydrogen (secondary N) is 2. The number of aromatic nitrogens is 4. The number of rotatable bonds is 3. The van der Waals surface area contributed by atoms with Crippen molar-refractivity contribution in [1.82, 2.24) is 20.2 Å². The Kier molecular flexibility index (Phi) is 4.29. The summed E-state index contributed by atoms with van der Waals surface area (Å²) in [5, 5.41) is 11.3. The van der Waals surface area contributed by atoms with Crippen molar-refractivity contribution in [1.29, 1.82) is 0 Å². The van der Waals surface area contributed by atoms with Gasteiger partial charge in [0.2, 0.25) is 0 Å². The van der Waals surface area contributed by atoms with E-state index in [0.717, 1.165) is 37.8 Å². The molecule has 1 aliphatic rings. The van der Waals surface area contributed by atoms with E-state index in [-0.39, 0.29) is 5.91 Å². The largest absolute Gasteiger partial charge is 0.306 e. The van der Waals surface area contributed by atoms with Gasteiger partial charge >= 0.3 is 0 Å². The van der Waals surface area contributed by atoms with Crippen LogP contribution in [0, 0.1) is 0 Å². The lowest BCUT2D eigenvalue weighted by Crippen LogP contribution is -2.04. The van der Waals surface area contributed by atoms with Crippen LogP contribution in [-0.4, -0.2) is 26.1 Å². The summed E-state index contributed by atoms with van der Waals surface area (Å²) in [6.07, 6.45) is 11.0. The smallest absolute Gasteiger partial charge is 0.257 e. The van der Waals surface area contributed by atoms with E-state index in [1.807, 2.05) is 54.6 Å². The third-order valence-corrected chi connectivity index (χ3v) is 5.12. The van der Waals surface area contributed by atoms with Crippen molar-refractivity contribution >= 4 is 62.4 Å². The molecule has 0 atom stereocenters. The summed E-state index contributed by atoms with van der Waals surface area (Å²) in [5.41, 5.74) is 5.10. The summed E-state index contributed by atoms with van der Waals surface area (Å²) in [7, 11) is 0. The maximum absolute atomic E-state index is 12.4. The molecule has 6 nitrogen and oxygen atoms in total. The van der Waals surface area contributed by atoms with Gasteiger partial charge in [0, 0.05) is 34.0 Å². The van der Waals surface area contributed by atoms with Gasteiger partial charge in [-0.1, -0.05) is 12.1 Å². The molecule has 29 heavy (non-hydrogen) atoms. The van der Waals surface area contributed by atoms with Crippen LogP contribution < -0.4 is 5.32 Å². The van der Waals surface area contributed by atoms with Gasteiger partial charge in [0.25, 0.3) is 5.91 Å². The van der Waals surface area contributed by atoms with Crippen LogP contribution in [0.5, 0.6) is 0 Å². The van der Waals surface area contributed by atoms with Crippen LogP contribution in [0.4, 0.5) is 5.82 Å². The third-order valence-electron chi connectivity index (χ3n) is 4.69. The molecule has 0 spiro atoms. The molecule has 4 aromatic rings. The van der Waals surface area contributed by atoms with Crippen molar-refractivity contribution in [2.75, 3.05) is 5.32 Å². The fourth-order valence-corrected chi connectivity index (χ4v) is 3.61. The van der Waals surface area contributed by atoms with Gasteiger partial charge in [-0.15, -0.1) is 0 Å². The van der Waals surface area contributed by atoms with Gasteiger partial charge in [-0.3, -0.25) is 14.9 Å². The molecule has 0 unspecified atom stereocenters. The van der Waals surface area contributed by atoms with Crippen LogP contribution in [0.1, 0.15) is 22.4 Å². The highest BCUT2D eigenvalue weighted by Crippen LogP contribution is 2.33. The highest BCUT2D eigenvalue weighted by atomic mass is 79.9. The summed E-state index contributed by atoms with van der Waals surface area (Å²) in [6.45, 7) is 0. The van der Waals surface area contributed by atoms with Gasteiger partial charge in [0.1, 0.15) is 5.82 Å². The fourth-order valence-electron chi connectivity index (χ4n) is 3.28. The first-order valence-electron chi connectivity index (χ1n) is 8.92. The Bertz CT molecular complexity index is 1310. The Balaban J connectivity index is 1.49. The van der Waals surface area contributed by atoms with Gasteiger partial charge in [-0.2, -0.15) is 5.10 Å². The minimum Gasteiger partial charge on any atom is -0.306 e. The van der Waals surface area contributed by atoms with Gasteiger partial charge < -0.3 is 5.32 Å². The summed E-state index contributed by atoms with van der Waals surface area (Å²) in [6, 6.07) is 11.7. The lowest BCUT2D eigenvalue weighted by atomic mass is 10.0. The van der Waals surface area contributed by atoms with E-state index in [4.69, 9.17) is 0 Å². The molecule has 0 saturated heterocycles. The molecule has 0 bridgehead atoms. The number of benzene rings is 1. The molecule has 1 amide bonds. The standard InChI is InChI=1S/C22H14BrN5O/c23-15-11-17-18(22(29)26-21(17)25-12-15)9-14-1-3-16-19(27-28-20(16)10-14)4-2-13-5-7-24-8-6-13/h1-12H,(H,27,28)(H,25,26,29)/b4-2+,18-9?. The number of carbonyl (C=O) groups excluding carboxylic acids is 1. The Hall–Kier alpha value is -3.58. The van der Waals surface area contributed by atoms with Crippen LogP contribution in [0.2, 0.25) is 0 Å². The number of aromatic amines is 1. The minimum atomic E-state index is -0.156. The molecule has 140 valence electrons. The molecule has 7 heteroatoms. The highest BCUT2D eigenvalue weighted by Gasteiger charge is 2.25. The van der Waals surface area contributed by atoms with Gasteiger partial charge in [0.15, 0.2) is 0 Å². The molecular formula is C22H14BrN5O. The fraction of sp³-hybridized carbons (Fsp3) is 0. The van der Waals surface area contributed by atoms with E-state index < -0.39 is 0 Å². The normalized spacial score (nSPS) is 14.7. The van der Waals surface area contributed by atoms with Crippen LogP contribution >= 0.6 is 15.9 Å². The van der Waals surface area contributed by atoms with E-state index >= 15 is 0 Å². The third kappa shape index (κ3) is 3.36. The molecule has 2 N–H and O–H groups in total. The number of nitrogens with zero attached hydrogens (tertiary/aromatic N) is 3. The maximum Gasteiger partial charge on any atom is 0.257 e. The zero-order valence-electron chi connectivity index (χ0n) is 15.1. The van der Waals surface area contributed by atoms with Crippen molar-refractivity contribution in [3.05, 3.63) is 81.8 Å². The average Bonchev–Trinajstić information content (AvgIpc) is 3.28. The number of pyridine rings is 2. The van der Waals surface area contributed by atoms with E-state index in [0.29, 0.717) is 11.4 Å². The Morgan fingerprint density at radius 1 is 1.00 bits per heavy atom. The van der Waals surface area contributed by atoms with Crippen molar-refractivity contribution in [3.8, 4) is 0 Å². The lowest BCUT2D eigenvalue weighted by Gasteiger charge is -2.00. The number of amides is 1. The second kappa shape index (κ2) is 7.10. The number of anilines is 1. The summed E-state index contributed by atoms with van der Waals surface area (Å²) in [4.78, 5) is 20.6. The summed E-state index contributed by atoms with van der Waals surface area (Å²) in [5.74, 6) is 0.423. The zero-order valence-corrected chi connectivity index (χ0v) is 16.6. The number of hydrogen-bond acceptors (Lipinski definition) is 4. The number of halogens is 1. The van der Waals surface area contributed by atoms with Crippen LogP contribution in [0.25, 0.3) is 34.7 Å². The summed E-state index contributed by atoms with van der Waals surface area (Å²) < 4.78 is 0.827. The van der Waals surface area contributed by atoms with E-state index in [1.165, 1.54) is 0 Å². The molecular weight excluding hydrogens is 430 g/mol. The molecule has 4 heterocycles. The predicted molar refractivity (Wildman–Crippen MR) is 118 cm³/mol. The first-order valence-corrected chi connectivity index (χ1v) is 9.72. The molecule has 5 rings (SSSR count). The minimum absolute atomic E-state index is 0.156. The SMILES string of the molecule is O=C1Nc2ncc(Br)cc2C1=Cc1ccc2c(/C=C/c3ccncc3)n[nH]c2c1. The Morgan fingerprint density at radius 3 is 2.72 bits per heavy atom. The maximum atomic E-state index is 12.4. The van der Waals surface area contributed by atoms with Crippen LogP contribution in [0.3, 0.4) is 0 Å². The number of carbonyl (C=O) groups is 1. The van der Waals surface area contributed by atoms with E-state index in [1.54, 1.807) is 18.6 Å². The average molecular weight is 444 g/mol. The molecule has 1 aromatic carbocycles. The van der Waals surface area contributed by atoms with Crippen molar-refractivity contribution < 1.29 is 4.79 Å². The molecule has 0 aliphatic carbocycles. The van der Waals surface area contributed by atoms with Crippen LogP contribution in [0.15, 0.2) is 59.5 Å². The van der Waals surface area contributed by atoms with Gasteiger partial charge in [-0.05, 0) is 69.5 Å². The number of hydrogen-bond donors (Lipinski definition) is 2. The number of fused-ring (bicyclic) bond motifs is 2. The molecule has 0 fully saturated rings. The molecule has 3 aromatic heterocycles. The summed E-state index contributed by atoms with van der Waals surface area (Å²) >= 11 is 3.41. The monoisotopic (exact) mass is 443 g/mol. The van der Waals surface area contributed by atoms with Crippen LogP contribution in [-0.2, 0) is 4.79 Å². The first kappa shape index (κ1) is 17.5. The van der Waals surface area contributed by atoms with E-state index in [2.05, 4.69) is 41.4 Å². The quantitative estimate of drug-likeness (QED) is 0.446. The number of H-pyrrole nitrogens is 1. The lowest BCUT2D eigenvalue weighted by molar-refractivity contribution is -0.110. The second-order valence-corrected chi connectivity index (χ2v) is 7.51.